The Morgan fingerprint density at radius 1 is 1.36 bits per heavy atom. The van der Waals surface area contributed by atoms with Crippen molar-refractivity contribution < 1.29 is 24.2 Å². The molecule has 0 spiro atoms. The third kappa shape index (κ3) is 3.18. The predicted octanol–water partition coefficient (Wildman–Crippen LogP) is 0.992. The molecular formula is C18H22N2O5. The van der Waals surface area contributed by atoms with Crippen LogP contribution in [-0.2, 0) is 14.4 Å². The highest BCUT2D eigenvalue weighted by molar-refractivity contribution is 5.83. The standard InChI is InChI=1S/C18H22N2O5/c1-12(21)19-8-4-7-16(22)20-9-14-13-5-2-3-6-15(13)25-11-18(14,10-20)17(23)24/h2-3,5-6,14H,4,7-11H2,1H3,(H,19,21)(H,23,24)/t14-,18-/m1/s1. The second-order valence-electron chi connectivity index (χ2n) is 6.70. The van der Waals surface area contributed by atoms with E-state index in [4.69, 9.17) is 4.74 Å². The van der Waals surface area contributed by atoms with Gasteiger partial charge >= 0.3 is 5.97 Å². The minimum atomic E-state index is -1.10. The summed E-state index contributed by atoms with van der Waals surface area (Å²) in [4.78, 5) is 37.0. The van der Waals surface area contributed by atoms with Crippen LogP contribution in [0.5, 0.6) is 5.75 Å². The van der Waals surface area contributed by atoms with E-state index in [0.717, 1.165) is 5.56 Å². The minimum absolute atomic E-state index is 0.0691. The average Bonchev–Trinajstić information content (AvgIpc) is 3.00. The van der Waals surface area contributed by atoms with Crippen molar-refractivity contribution in [3.05, 3.63) is 29.8 Å². The molecule has 3 rings (SSSR count). The molecular weight excluding hydrogens is 324 g/mol. The summed E-state index contributed by atoms with van der Waals surface area (Å²) in [5.74, 6) is -0.713. The number of ether oxygens (including phenoxy) is 1. The van der Waals surface area contributed by atoms with E-state index in [2.05, 4.69) is 5.32 Å². The van der Waals surface area contributed by atoms with Crippen LogP contribution in [0.25, 0.3) is 0 Å². The molecule has 2 N–H and O–H groups in total. The van der Waals surface area contributed by atoms with Gasteiger partial charge in [-0.05, 0) is 12.5 Å². The molecule has 2 amide bonds. The number of carbonyl (C=O) groups excluding carboxylic acids is 2. The van der Waals surface area contributed by atoms with E-state index >= 15 is 0 Å². The van der Waals surface area contributed by atoms with Gasteiger partial charge < -0.3 is 20.1 Å². The molecule has 2 atom stereocenters. The SMILES string of the molecule is CC(=O)NCCCC(=O)N1C[C@@H]2c3ccccc3OC[C@]2(C(=O)O)C1. The van der Waals surface area contributed by atoms with E-state index in [9.17, 15) is 19.5 Å². The summed E-state index contributed by atoms with van der Waals surface area (Å²) in [6.45, 7) is 2.47. The van der Waals surface area contributed by atoms with Crippen molar-refractivity contribution in [2.24, 2.45) is 5.41 Å². The molecule has 0 aromatic heterocycles. The lowest BCUT2D eigenvalue weighted by molar-refractivity contribution is -0.152. The Morgan fingerprint density at radius 3 is 2.84 bits per heavy atom. The summed E-state index contributed by atoms with van der Waals surface area (Å²) in [5.41, 5.74) is -0.244. The van der Waals surface area contributed by atoms with Crippen molar-refractivity contribution in [1.29, 1.82) is 0 Å². The number of carboxylic acid groups (broad SMARTS) is 1. The Hall–Kier alpha value is -2.57. The van der Waals surface area contributed by atoms with Gasteiger partial charge in [0.25, 0.3) is 0 Å². The Balaban J connectivity index is 1.73. The molecule has 0 aliphatic carbocycles. The van der Waals surface area contributed by atoms with Crippen LogP contribution in [0.4, 0.5) is 0 Å². The van der Waals surface area contributed by atoms with Gasteiger partial charge in [-0.2, -0.15) is 0 Å². The fraction of sp³-hybridized carbons (Fsp3) is 0.500. The largest absolute Gasteiger partial charge is 0.492 e. The predicted molar refractivity (Wildman–Crippen MR) is 89.2 cm³/mol. The van der Waals surface area contributed by atoms with Crippen LogP contribution in [0, 0.1) is 5.41 Å². The number of nitrogens with one attached hydrogen (secondary N) is 1. The van der Waals surface area contributed by atoms with E-state index in [0.29, 0.717) is 25.3 Å². The Labute approximate surface area is 146 Å². The first kappa shape index (κ1) is 17.3. The number of carbonyl (C=O) groups is 3. The second kappa shape index (κ2) is 6.74. The van der Waals surface area contributed by atoms with Crippen LogP contribution < -0.4 is 10.1 Å². The number of rotatable bonds is 5. The van der Waals surface area contributed by atoms with Gasteiger partial charge in [0.1, 0.15) is 17.8 Å². The van der Waals surface area contributed by atoms with Crippen molar-refractivity contribution in [2.75, 3.05) is 26.2 Å². The summed E-state index contributed by atoms with van der Waals surface area (Å²) >= 11 is 0. The number of amides is 2. The van der Waals surface area contributed by atoms with Gasteiger partial charge in [0.15, 0.2) is 0 Å². The third-order valence-electron chi connectivity index (χ3n) is 5.04. The zero-order valence-corrected chi connectivity index (χ0v) is 14.2. The molecule has 2 aliphatic rings. The maximum Gasteiger partial charge on any atom is 0.315 e. The monoisotopic (exact) mass is 346 g/mol. The zero-order chi connectivity index (χ0) is 18.0. The molecule has 7 heteroatoms. The number of fused-ring (bicyclic) bond motifs is 3. The maximum absolute atomic E-state index is 12.5. The van der Waals surface area contributed by atoms with Gasteiger partial charge in [-0.3, -0.25) is 14.4 Å². The second-order valence-corrected chi connectivity index (χ2v) is 6.70. The molecule has 0 unspecified atom stereocenters. The first-order valence-electron chi connectivity index (χ1n) is 8.41. The van der Waals surface area contributed by atoms with E-state index < -0.39 is 11.4 Å². The fourth-order valence-electron chi connectivity index (χ4n) is 3.69. The lowest BCUT2D eigenvalue weighted by atomic mass is 9.73. The van der Waals surface area contributed by atoms with Gasteiger partial charge in [0.05, 0.1) is 0 Å². The number of carboxylic acids is 1. The first-order chi connectivity index (χ1) is 11.9. The van der Waals surface area contributed by atoms with Crippen LogP contribution >= 0.6 is 0 Å². The van der Waals surface area contributed by atoms with Crippen LogP contribution in [0.1, 0.15) is 31.2 Å². The van der Waals surface area contributed by atoms with Gasteiger partial charge in [0, 0.05) is 44.5 Å². The van der Waals surface area contributed by atoms with Crippen molar-refractivity contribution in [1.82, 2.24) is 10.2 Å². The molecule has 0 saturated carbocycles. The molecule has 134 valence electrons. The van der Waals surface area contributed by atoms with E-state index in [-0.39, 0.29) is 37.3 Å². The van der Waals surface area contributed by atoms with Crippen LogP contribution in [0.2, 0.25) is 0 Å². The van der Waals surface area contributed by atoms with E-state index in [1.165, 1.54) is 6.92 Å². The fourth-order valence-corrected chi connectivity index (χ4v) is 3.69. The van der Waals surface area contributed by atoms with Gasteiger partial charge in [-0.15, -0.1) is 0 Å². The summed E-state index contributed by atoms with van der Waals surface area (Å²) in [6, 6.07) is 7.42. The third-order valence-corrected chi connectivity index (χ3v) is 5.04. The lowest BCUT2D eigenvalue weighted by Crippen LogP contribution is -2.46. The number of hydrogen-bond acceptors (Lipinski definition) is 4. The summed E-state index contributed by atoms with van der Waals surface area (Å²) in [6.07, 6.45) is 0.817. The molecule has 25 heavy (non-hydrogen) atoms. The highest BCUT2D eigenvalue weighted by Crippen LogP contribution is 2.49. The van der Waals surface area contributed by atoms with Crippen LogP contribution in [-0.4, -0.2) is 54.0 Å². The maximum atomic E-state index is 12.5. The van der Waals surface area contributed by atoms with Crippen molar-refractivity contribution in [3.63, 3.8) is 0 Å². The molecule has 0 bridgehead atoms. The summed E-state index contributed by atoms with van der Waals surface area (Å²) in [5, 5.41) is 12.5. The molecule has 1 aromatic rings. The Bertz CT molecular complexity index is 704. The minimum Gasteiger partial charge on any atom is -0.492 e. The lowest BCUT2D eigenvalue weighted by Gasteiger charge is -2.35. The molecule has 2 aliphatic heterocycles. The molecule has 1 aromatic carbocycles. The Kier molecular flexibility index (Phi) is 4.65. The number of hydrogen-bond donors (Lipinski definition) is 2. The normalized spacial score (nSPS) is 24.0. The average molecular weight is 346 g/mol. The topological polar surface area (TPSA) is 95.9 Å². The summed E-state index contributed by atoms with van der Waals surface area (Å²) in [7, 11) is 0. The van der Waals surface area contributed by atoms with Crippen LogP contribution in [0.3, 0.4) is 0 Å². The number of nitrogens with zero attached hydrogens (tertiary/aromatic N) is 1. The Morgan fingerprint density at radius 2 is 2.12 bits per heavy atom. The zero-order valence-electron chi connectivity index (χ0n) is 14.2. The molecule has 0 radical (unpaired) electrons. The van der Waals surface area contributed by atoms with E-state index in [1.807, 2.05) is 24.3 Å². The van der Waals surface area contributed by atoms with Gasteiger partial charge in [-0.1, -0.05) is 18.2 Å². The van der Waals surface area contributed by atoms with Gasteiger partial charge in [-0.25, -0.2) is 0 Å². The number of para-hydroxylation sites is 1. The van der Waals surface area contributed by atoms with Crippen molar-refractivity contribution in [3.8, 4) is 5.75 Å². The van der Waals surface area contributed by atoms with Crippen LogP contribution in [0.15, 0.2) is 24.3 Å². The molecule has 7 nitrogen and oxygen atoms in total. The molecule has 1 saturated heterocycles. The van der Waals surface area contributed by atoms with Gasteiger partial charge in [0.2, 0.25) is 11.8 Å². The van der Waals surface area contributed by atoms with Crippen molar-refractivity contribution in [2.45, 2.75) is 25.7 Å². The highest BCUT2D eigenvalue weighted by atomic mass is 16.5. The molecule has 2 heterocycles. The summed E-state index contributed by atoms with van der Waals surface area (Å²) < 4.78 is 5.69. The number of likely N-dealkylation sites (tertiary alicyclic amines) is 1. The molecule has 1 fully saturated rings. The van der Waals surface area contributed by atoms with E-state index in [1.54, 1.807) is 4.90 Å². The first-order valence-corrected chi connectivity index (χ1v) is 8.41. The smallest absolute Gasteiger partial charge is 0.315 e. The highest BCUT2D eigenvalue weighted by Gasteiger charge is 2.57. The number of aliphatic carboxylic acids is 1. The van der Waals surface area contributed by atoms with Crippen molar-refractivity contribution >= 4 is 17.8 Å². The number of benzene rings is 1. The quantitative estimate of drug-likeness (QED) is 0.775.